The van der Waals surface area contributed by atoms with Crippen LogP contribution in [0, 0.1) is 5.41 Å². The maximum absolute atomic E-state index is 10.4. The Hall–Kier alpha value is -1.22. The molecule has 0 saturated heterocycles. The summed E-state index contributed by atoms with van der Waals surface area (Å²) in [5.74, 6) is 1.40. The van der Waals surface area contributed by atoms with Gasteiger partial charge in [-0.1, -0.05) is 20.8 Å². The summed E-state index contributed by atoms with van der Waals surface area (Å²) in [6.45, 7) is 6.16. The molecule has 0 amide bonds. The smallest absolute Gasteiger partial charge is 0.122 e. The lowest BCUT2D eigenvalue weighted by molar-refractivity contribution is 0.0462. The van der Waals surface area contributed by atoms with E-state index in [-0.39, 0.29) is 5.41 Å². The molecule has 0 radical (unpaired) electrons. The number of hydrogen-bond donors (Lipinski definition) is 1. The highest BCUT2D eigenvalue weighted by Crippen LogP contribution is 2.38. The second-order valence-corrected chi connectivity index (χ2v) is 4.89. The molecule has 96 valence electrons. The van der Waals surface area contributed by atoms with Crippen molar-refractivity contribution in [2.75, 3.05) is 14.2 Å². The fourth-order valence-corrected chi connectivity index (χ4v) is 1.63. The van der Waals surface area contributed by atoms with Gasteiger partial charge in [0.25, 0.3) is 0 Å². The minimum atomic E-state index is -0.531. The molecule has 3 heteroatoms. The van der Waals surface area contributed by atoms with Crippen molar-refractivity contribution in [3.8, 4) is 11.5 Å². The van der Waals surface area contributed by atoms with Gasteiger partial charge >= 0.3 is 0 Å². The predicted molar refractivity (Wildman–Crippen MR) is 68.6 cm³/mol. The highest BCUT2D eigenvalue weighted by Gasteiger charge is 2.27. The Labute approximate surface area is 103 Å². The van der Waals surface area contributed by atoms with Gasteiger partial charge in [-0.25, -0.2) is 0 Å². The van der Waals surface area contributed by atoms with Gasteiger partial charge in [-0.05, 0) is 29.5 Å². The van der Waals surface area contributed by atoms with E-state index in [0.29, 0.717) is 11.5 Å². The molecule has 0 aliphatic heterocycles. The number of rotatable bonds is 5. The molecule has 0 spiro atoms. The fourth-order valence-electron chi connectivity index (χ4n) is 1.63. The average Bonchev–Trinajstić information content (AvgIpc) is 2.36. The highest BCUT2D eigenvalue weighted by molar-refractivity contribution is 5.39. The van der Waals surface area contributed by atoms with Crippen molar-refractivity contribution in [2.45, 2.75) is 33.3 Å². The first-order chi connectivity index (χ1) is 7.94. The summed E-state index contributed by atoms with van der Waals surface area (Å²) in [4.78, 5) is 0. The van der Waals surface area contributed by atoms with E-state index in [1.807, 2.05) is 26.0 Å². The van der Waals surface area contributed by atoms with Gasteiger partial charge < -0.3 is 14.6 Å². The van der Waals surface area contributed by atoms with E-state index < -0.39 is 6.10 Å². The van der Waals surface area contributed by atoms with Crippen LogP contribution in [0.25, 0.3) is 0 Å². The van der Waals surface area contributed by atoms with Crippen LogP contribution in [0.4, 0.5) is 0 Å². The van der Waals surface area contributed by atoms with E-state index >= 15 is 0 Å². The summed E-state index contributed by atoms with van der Waals surface area (Å²) in [7, 11) is 3.21. The van der Waals surface area contributed by atoms with Crippen molar-refractivity contribution in [1.82, 2.24) is 0 Å². The average molecular weight is 238 g/mol. The molecule has 0 heterocycles. The number of aliphatic hydroxyl groups is 1. The molecule has 0 saturated carbocycles. The summed E-state index contributed by atoms with van der Waals surface area (Å²) < 4.78 is 10.4. The largest absolute Gasteiger partial charge is 0.497 e. The minimum absolute atomic E-state index is 0.169. The molecule has 17 heavy (non-hydrogen) atoms. The Morgan fingerprint density at radius 3 is 1.94 bits per heavy atom. The van der Waals surface area contributed by atoms with Crippen molar-refractivity contribution >= 4 is 0 Å². The van der Waals surface area contributed by atoms with Crippen molar-refractivity contribution in [1.29, 1.82) is 0 Å². The first-order valence-electron chi connectivity index (χ1n) is 5.85. The van der Waals surface area contributed by atoms with Crippen LogP contribution < -0.4 is 9.47 Å². The van der Waals surface area contributed by atoms with Gasteiger partial charge in [-0.2, -0.15) is 0 Å². The van der Waals surface area contributed by atoms with Crippen LogP contribution in [0.2, 0.25) is 0 Å². The molecule has 1 atom stereocenters. The molecule has 1 aromatic carbocycles. The Morgan fingerprint density at radius 1 is 1.12 bits per heavy atom. The molecular weight excluding hydrogens is 216 g/mol. The second-order valence-electron chi connectivity index (χ2n) is 4.89. The van der Waals surface area contributed by atoms with E-state index in [4.69, 9.17) is 9.47 Å². The van der Waals surface area contributed by atoms with E-state index in [0.717, 1.165) is 12.0 Å². The fraction of sp³-hybridized carbons (Fsp3) is 0.571. The Kier molecular flexibility index (Phi) is 4.40. The van der Waals surface area contributed by atoms with Crippen molar-refractivity contribution in [2.24, 2.45) is 5.41 Å². The van der Waals surface area contributed by atoms with Gasteiger partial charge in [0, 0.05) is 6.07 Å². The summed E-state index contributed by atoms with van der Waals surface area (Å²) in [5, 5.41) is 10.4. The topological polar surface area (TPSA) is 38.7 Å². The van der Waals surface area contributed by atoms with Crippen LogP contribution in [-0.2, 0) is 0 Å². The van der Waals surface area contributed by atoms with Crippen LogP contribution in [-0.4, -0.2) is 19.3 Å². The number of benzene rings is 1. The second kappa shape index (κ2) is 5.41. The molecular formula is C14H22O3. The Morgan fingerprint density at radius 2 is 1.59 bits per heavy atom. The van der Waals surface area contributed by atoms with Gasteiger partial charge in [0.15, 0.2) is 0 Å². The molecule has 1 rings (SSSR count). The number of hydrogen-bond acceptors (Lipinski definition) is 3. The monoisotopic (exact) mass is 238 g/mol. The standard InChI is InChI=1S/C14H22O3/c1-6-14(2,3)13(15)10-7-11(16-4)9-12(8-10)17-5/h7-9,13,15H,6H2,1-5H3. The van der Waals surface area contributed by atoms with Crippen molar-refractivity contribution in [3.63, 3.8) is 0 Å². The predicted octanol–water partition coefficient (Wildman–Crippen LogP) is 3.17. The lowest BCUT2D eigenvalue weighted by Crippen LogP contribution is -2.21. The Balaban J connectivity index is 3.12. The molecule has 0 fully saturated rings. The third kappa shape index (κ3) is 3.13. The lowest BCUT2D eigenvalue weighted by atomic mass is 9.80. The van der Waals surface area contributed by atoms with Gasteiger partial charge in [0.2, 0.25) is 0 Å². The molecule has 1 unspecified atom stereocenters. The van der Waals surface area contributed by atoms with Gasteiger partial charge in [-0.3, -0.25) is 0 Å². The van der Waals surface area contributed by atoms with Crippen LogP contribution in [0.5, 0.6) is 11.5 Å². The molecule has 0 aliphatic rings. The molecule has 1 aromatic rings. The normalized spacial score (nSPS) is 13.3. The zero-order chi connectivity index (χ0) is 13.1. The third-order valence-electron chi connectivity index (χ3n) is 3.34. The highest BCUT2D eigenvalue weighted by atomic mass is 16.5. The van der Waals surface area contributed by atoms with Gasteiger partial charge in [-0.15, -0.1) is 0 Å². The van der Waals surface area contributed by atoms with Crippen LogP contribution in [0.1, 0.15) is 38.9 Å². The third-order valence-corrected chi connectivity index (χ3v) is 3.34. The lowest BCUT2D eigenvalue weighted by Gasteiger charge is -2.29. The number of aliphatic hydroxyl groups excluding tert-OH is 1. The summed E-state index contributed by atoms with van der Waals surface area (Å²) >= 11 is 0. The minimum Gasteiger partial charge on any atom is -0.497 e. The number of methoxy groups -OCH3 is 2. The van der Waals surface area contributed by atoms with Gasteiger partial charge in [0.1, 0.15) is 11.5 Å². The van der Waals surface area contributed by atoms with E-state index in [2.05, 4.69) is 6.92 Å². The van der Waals surface area contributed by atoms with E-state index in [9.17, 15) is 5.11 Å². The molecule has 3 nitrogen and oxygen atoms in total. The van der Waals surface area contributed by atoms with Crippen molar-refractivity contribution < 1.29 is 14.6 Å². The molecule has 0 aromatic heterocycles. The van der Waals surface area contributed by atoms with E-state index in [1.54, 1.807) is 20.3 Å². The maximum Gasteiger partial charge on any atom is 0.122 e. The maximum atomic E-state index is 10.4. The van der Waals surface area contributed by atoms with Crippen LogP contribution in [0.3, 0.4) is 0 Å². The van der Waals surface area contributed by atoms with Crippen LogP contribution in [0.15, 0.2) is 18.2 Å². The zero-order valence-corrected chi connectivity index (χ0v) is 11.3. The SMILES string of the molecule is CCC(C)(C)C(O)c1cc(OC)cc(OC)c1. The first-order valence-corrected chi connectivity index (χ1v) is 5.85. The summed E-state index contributed by atoms with van der Waals surface area (Å²) in [6.07, 6.45) is 0.366. The van der Waals surface area contributed by atoms with Crippen molar-refractivity contribution in [3.05, 3.63) is 23.8 Å². The molecule has 0 aliphatic carbocycles. The van der Waals surface area contributed by atoms with Gasteiger partial charge in [0.05, 0.1) is 20.3 Å². The quantitative estimate of drug-likeness (QED) is 0.856. The van der Waals surface area contributed by atoms with E-state index in [1.165, 1.54) is 0 Å². The number of ether oxygens (including phenoxy) is 2. The summed E-state index contributed by atoms with van der Waals surface area (Å²) in [6, 6.07) is 5.50. The Bertz CT molecular complexity index is 349. The zero-order valence-electron chi connectivity index (χ0n) is 11.3. The molecule has 1 N–H and O–H groups in total. The first kappa shape index (κ1) is 13.8. The molecule has 0 bridgehead atoms. The van der Waals surface area contributed by atoms with Crippen LogP contribution >= 0.6 is 0 Å². The summed E-state index contributed by atoms with van der Waals surface area (Å²) in [5.41, 5.74) is 0.658.